The van der Waals surface area contributed by atoms with Gasteiger partial charge >= 0.3 is 0 Å². The third-order valence-electron chi connectivity index (χ3n) is 4.39. The van der Waals surface area contributed by atoms with E-state index in [0.29, 0.717) is 6.10 Å². The number of H-pyrrole nitrogens is 1. The normalized spacial score (nSPS) is 15.8. The molecule has 0 amide bonds. The van der Waals surface area contributed by atoms with Crippen molar-refractivity contribution in [2.75, 3.05) is 30.4 Å². The van der Waals surface area contributed by atoms with Crippen LogP contribution in [-0.2, 0) is 4.74 Å². The summed E-state index contributed by atoms with van der Waals surface area (Å²) in [6, 6.07) is 5.83. The van der Waals surface area contributed by atoms with Crippen molar-refractivity contribution >= 4 is 28.5 Å². The van der Waals surface area contributed by atoms with Crippen molar-refractivity contribution in [1.82, 2.24) is 19.9 Å². The third kappa shape index (κ3) is 3.03. The Bertz CT molecular complexity index is 825. The van der Waals surface area contributed by atoms with Crippen molar-refractivity contribution in [3.8, 4) is 0 Å². The number of methoxy groups -OCH3 is 1. The lowest BCUT2D eigenvalue weighted by atomic mass is 10.1. The molecule has 0 aromatic carbocycles. The second-order valence-electron chi connectivity index (χ2n) is 5.92. The summed E-state index contributed by atoms with van der Waals surface area (Å²) in [5.41, 5.74) is 1.04. The van der Waals surface area contributed by atoms with Crippen LogP contribution in [0.25, 0.3) is 10.9 Å². The molecule has 0 bridgehead atoms. The number of aromatic nitrogens is 4. The zero-order valence-corrected chi connectivity index (χ0v) is 13.6. The number of fused-ring (bicyclic) bond motifs is 1. The Morgan fingerprint density at radius 2 is 2.08 bits per heavy atom. The summed E-state index contributed by atoms with van der Waals surface area (Å²) in [6.45, 7) is 1.82. The summed E-state index contributed by atoms with van der Waals surface area (Å²) in [5, 5.41) is 4.34. The first kappa shape index (κ1) is 14.9. The highest BCUT2D eigenvalue weighted by molar-refractivity contribution is 5.81. The fourth-order valence-electron chi connectivity index (χ4n) is 3.01. The van der Waals surface area contributed by atoms with Crippen LogP contribution < -0.4 is 10.2 Å². The number of hydrogen-bond donors (Lipinski definition) is 2. The second kappa shape index (κ2) is 6.45. The molecule has 24 heavy (non-hydrogen) atoms. The number of hydrogen-bond acceptors (Lipinski definition) is 6. The van der Waals surface area contributed by atoms with E-state index in [1.165, 1.54) is 0 Å². The quantitative estimate of drug-likeness (QED) is 0.768. The van der Waals surface area contributed by atoms with Crippen LogP contribution in [0.4, 0.5) is 17.6 Å². The van der Waals surface area contributed by atoms with E-state index in [9.17, 15) is 0 Å². The van der Waals surface area contributed by atoms with Crippen LogP contribution in [0.1, 0.15) is 12.8 Å². The number of rotatable bonds is 4. The van der Waals surface area contributed by atoms with Crippen molar-refractivity contribution in [2.45, 2.75) is 18.9 Å². The van der Waals surface area contributed by atoms with Crippen molar-refractivity contribution in [3.05, 3.63) is 36.8 Å². The van der Waals surface area contributed by atoms with Crippen LogP contribution in [0.2, 0.25) is 0 Å². The van der Waals surface area contributed by atoms with Gasteiger partial charge in [-0.15, -0.1) is 0 Å². The number of nitrogens with zero attached hydrogens (tertiary/aromatic N) is 4. The average Bonchev–Trinajstić information content (AvgIpc) is 3.10. The molecule has 0 spiro atoms. The van der Waals surface area contributed by atoms with Gasteiger partial charge in [0.1, 0.15) is 11.6 Å². The van der Waals surface area contributed by atoms with Gasteiger partial charge in [-0.1, -0.05) is 0 Å². The molecule has 1 fully saturated rings. The van der Waals surface area contributed by atoms with Gasteiger partial charge in [0.2, 0.25) is 5.95 Å². The molecule has 0 unspecified atom stereocenters. The lowest BCUT2D eigenvalue weighted by Gasteiger charge is -2.31. The molecule has 124 valence electrons. The minimum atomic E-state index is 0.347. The first-order chi connectivity index (χ1) is 11.8. The van der Waals surface area contributed by atoms with Gasteiger partial charge in [0, 0.05) is 50.2 Å². The zero-order valence-electron chi connectivity index (χ0n) is 13.6. The fourth-order valence-corrected chi connectivity index (χ4v) is 3.01. The minimum Gasteiger partial charge on any atom is -0.381 e. The number of pyridine rings is 1. The van der Waals surface area contributed by atoms with E-state index in [4.69, 9.17) is 4.74 Å². The summed E-state index contributed by atoms with van der Waals surface area (Å²) in [5.74, 6) is 2.25. The predicted octanol–water partition coefficient (Wildman–Crippen LogP) is 2.71. The SMILES string of the molecule is COC1CCN(c2nccc(Nc3cc4[nH]ccc4cn3)n2)CC1. The molecule has 1 aliphatic heterocycles. The number of piperidine rings is 1. The van der Waals surface area contributed by atoms with Gasteiger partial charge in [-0.2, -0.15) is 4.98 Å². The molecule has 0 radical (unpaired) electrons. The molecule has 7 nitrogen and oxygen atoms in total. The Hall–Kier alpha value is -2.67. The van der Waals surface area contributed by atoms with E-state index < -0.39 is 0 Å². The van der Waals surface area contributed by atoms with E-state index >= 15 is 0 Å². The monoisotopic (exact) mass is 324 g/mol. The molecule has 0 aliphatic carbocycles. The highest BCUT2D eigenvalue weighted by Gasteiger charge is 2.20. The molecule has 1 aliphatic rings. The van der Waals surface area contributed by atoms with E-state index in [1.807, 2.05) is 30.6 Å². The minimum absolute atomic E-state index is 0.347. The standard InChI is InChI=1S/C17H20N6O/c1-24-13-4-8-23(9-5-13)17-19-7-3-15(22-17)21-16-10-14-12(11-20-16)2-6-18-14/h2-3,6-7,10-11,13,18H,4-5,8-9H2,1H3,(H,19,20,21,22). The Kier molecular flexibility index (Phi) is 4.00. The van der Waals surface area contributed by atoms with E-state index in [-0.39, 0.29) is 0 Å². The van der Waals surface area contributed by atoms with Crippen LogP contribution in [0.3, 0.4) is 0 Å². The van der Waals surface area contributed by atoms with Gasteiger partial charge in [0.25, 0.3) is 0 Å². The number of aromatic amines is 1. The van der Waals surface area contributed by atoms with Crippen molar-refractivity contribution in [2.24, 2.45) is 0 Å². The summed E-state index contributed by atoms with van der Waals surface area (Å²) in [4.78, 5) is 18.8. The van der Waals surface area contributed by atoms with Gasteiger partial charge in [-0.25, -0.2) is 9.97 Å². The van der Waals surface area contributed by atoms with Gasteiger partial charge in [-0.05, 0) is 25.0 Å². The predicted molar refractivity (Wildman–Crippen MR) is 93.7 cm³/mol. The summed E-state index contributed by atoms with van der Waals surface area (Å²) in [6.07, 6.45) is 7.87. The molecular formula is C17H20N6O. The van der Waals surface area contributed by atoms with Crippen LogP contribution >= 0.6 is 0 Å². The van der Waals surface area contributed by atoms with Crippen LogP contribution in [0.5, 0.6) is 0 Å². The maximum Gasteiger partial charge on any atom is 0.227 e. The van der Waals surface area contributed by atoms with Crippen molar-refractivity contribution in [1.29, 1.82) is 0 Å². The van der Waals surface area contributed by atoms with E-state index in [1.54, 1.807) is 13.3 Å². The van der Waals surface area contributed by atoms with Gasteiger partial charge < -0.3 is 19.9 Å². The molecule has 0 saturated carbocycles. The molecule has 1 saturated heterocycles. The Morgan fingerprint density at radius 1 is 1.21 bits per heavy atom. The Balaban J connectivity index is 1.50. The highest BCUT2D eigenvalue weighted by atomic mass is 16.5. The molecule has 4 heterocycles. The van der Waals surface area contributed by atoms with Crippen LogP contribution in [0.15, 0.2) is 36.8 Å². The Morgan fingerprint density at radius 3 is 2.92 bits per heavy atom. The van der Waals surface area contributed by atoms with E-state index in [2.05, 4.69) is 30.2 Å². The lowest BCUT2D eigenvalue weighted by molar-refractivity contribution is 0.0816. The third-order valence-corrected chi connectivity index (χ3v) is 4.39. The topological polar surface area (TPSA) is 79.0 Å². The largest absolute Gasteiger partial charge is 0.381 e. The van der Waals surface area contributed by atoms with Crippen molar-refractivity contribution in [3.63, 3.8) is 0 Å². The zero-order chi connectivity index (χ0) is 16.4. The van der Waals surface area contributed by atoms with Gasteiger partial charge in [0.05, 0.1) is 11.6 Å². The second-order valence-corrected chi connectivity index (χ2v) is 5.92. The average molecular weight is 324 g/mol. The molecule has 4 rings (SSSR count). The summed E-state index contributed by atoms with van der Waals surface area (Å²) in [7, 11) is 1.77. The smallest absolute Gasteiger partial charge is 0.227 e. The number of anilines is 3. The fraction of sp³-hybridized carbons (Fsp3) is 0.353. The molecule has 7 heteroatoms. The van der Waals surface area contributed by atoms with Crippen molar-refractivity contribution < 1.29 is 4.74 Å². The number of nitrogens with one attached hydrogen (secondary N) is 2. The molecule has 3 aromatic rings. The van der Waals surface area contributed by atoms with Gasteiger partial charge in [0.15, 0.2) is 0 Å². The van der Waals surface area contributed by atoms with Crippen LogP contribution in [-0.4, -0.2) is 46.2 Å². The lowest BCUT2D eigenvalue weighted by Crippen LogP contribution is -2.37. The maximum absolute atomic E-state index is 5.42. The first-order valence-electron chi connectivity index (χ1n) is 8.13. The first-order valence-corrected chi connectivity index (χ1v) is 8.13. The molecule has 0 atom stereocenters. The Labute approximate surface area is 140 Å². The highest BCUT2D eigenvalue weighted by Crippen LogP contribution is 2.21. The molecule has 2 N–H and O–H groups in total. The van der Waals surface area contributed by atoms with Gasteiger partial charge in [-0.3, -0.25) is 0 Å². The number of ether oxygens (including phenoxy) is 1. The maximum atomic E-state index is 5.42. The summed E-state index contributed by atoms with van der Waals surface area (Å²) < 4.78 is 5.42. The molecule has 3 aromatic heterocycles. The van der Waals surface area contributed by atoms with Crippen LogP contribution in [0, 0.1) is 0 Å². The van der Waals surface area contributed by atoms with E-state index in [0.717, 1.165) is 54.4 Å². The summed E-state index contributed by atoms with van der Waals surface area (Å²) >= 11 is 0. The molecular weight excluding hydrogens is 304 g/mol.